The number of amides is 3. The summed E-state index contributed by atoms with van der Waals surface area (Å²) < 4.78 is 28.3. The average molecular weight is 435 g/mol. The van der Waals surface area contributed by atoms with Crippen LogP contribution in [0.4, 0.5) is 10.5 Å². The second-order valence-corrected chi connectivity index (χ2v) is 10.1. The maximum Gasteiger partial charge on any atom is 0.324 e. The molecule has 3 amide bonds. The lowest BCUT2D eigenvalue weighted by molar-refractivity contribution is -0.133. The standard InChI is InChI=1S/C21H30N4O4S/c1-16(20(26)23-10-3-2-4-11-23)22-30(28,29)18-7-8-19-17(15-18)9-14-25(19)21(27)24-12-5-6-13-24/h7-8,15-16,22H,2-6,9-14H2,1H3/t16-/m1/s1. The van der Waals surface area contributed by atoms with Gasteiger partial charge in [-0.25, -0.2) is 13.2 Å². The molecule has 2 fully saturated rings. The van der Waals surface area contributed by atoms with Crippen molar-refractivity contribution >= 4 is 27.6 Å². The monoisotopic (exact) mass is 434 g/mol. The number of likely N-dealkylation sites (tertiary alicyclic amines) is 2. The number of fused-ring (bicyclic) bond motifs is 1. The number of piperidine rings is 1. The van der Waals surface area contributed by atoms with Gasteiger partial charge in [0.15, 0.2) is 0 Å². The highest BCUT2D eigenvalue weighted by Crippen LogP contribution is 2.31. The molecule has 0 spiro atoms. The summed E-state index contributed by atoms with van der Waals surface area (Å²) in [4.78, 5) is 30.8. The average Bonchev–Trinajstić information content (AvgIpc) is 3.42. The molecule has 1 N–H and O–H groups in total. The number of hydrogen-bond acceptors (Lipinski definition) is 4. The van der Waals surface area contributed by atoms with Crippen molar-refractivity contribution in [1.29, 1.82) is 0 Å². The summed E-state index contributed by atoms with van der Waals surface area (Å²) in [5, 5.41) is 0. The van der Waals surface area contributed by atoms with Crippen molar-refractivity contribution in [2.45, 2.75) is 56.4 Å². The van der Waals surface area contributed by atoms with Crippen LogP contribution in [0.3, 0.4) is 0 Å². The van der Waals surface area contributed by atoms with Crippen LogP contribution in [0.1, 0.15) is 44.6 Å². The summed E-state index contributed by atoms with van der Waals surface area (Å²) in [6.07, 6.45) is 5.72. The fourth-order valence-electron chi connectivity index (χ4n) is 4.56. The Morgan fingerprint density at radius 2 is 1.57 bits per heavy atom. The molecule has 1 atom stereocenters. The van der Waals surface area contributed by atoms with Crippen molar-refractivity contribution in [3.05, 3.63) is 23.8 Å². The topological polar surface area (TPSA) is 90.0 Å². The lowest BCUT2D eigenvalue weighted by Crippen LogP contribution is -2.48. The first-order valence-electron chi connectivity index (χ1n) is 10.9. The van der Waals surface area contributed by atoms with E-state index in [1.54, 1.807) is 28.9 Å². The zero-order valence-corrected chi connectivity index (χ0v) is 18.3. The second kappa shape index (κ2) is 8.55. The molecule has 0 aliphatic carbocycles. The summed E-state index contributed by atoms with van der Waals surface area (Å²) >= 11 is 0. The number of anilines is 1. The quantitative estimate of drug-likeness (QED) is 0.784. The van der Waals surface area contributed by atoms with E-state index in [1.165, 1.54) is 6.07 Å². The van der Waals surface area contributed by atoms with Crippen molar-refractivity contribution in [1.82, 2.24) is 14.5 Å². The van der Waals surface area contributed by atoms with Gasteiger partial charge in [0.25, 0.3) is 0 Å². The molecule has 0 unspecified atom stereocenters. The molecule has 164 valence electrons. The molecule has 8 nitrogen and oxygen atoms in total. The Bertz CT molecular complexity index is 921. The number of benzene rings is 1. The van der Waals surface area contributed by atoms with Gasteiger partial charge in [0, 0.05) is 38.4 Å². The van der Waals surface area contributed by atoms with Crippen LogP contribution >= 0.6 is 0 Å². The molecule has 0 saturated carbocycles. The summed E-state index contributed by atoms with van der Waals surface area (Å²) in [7, 11) is -3.83. The molecule has 0 radical (unpaired) electrons. The van der Waals surface area contributed by atoms with Gasteiger partial charge in [0.2, 0.25) is 15.9 Å². The molecule has 2 saturated heterocycles. The molecular weight excluding hydrogens is 404 g/mol. The molecule has 3 aliphatic heterocycles. The molecule has 3 aliphatic rings. The third-order valence-electron chi connectivity index (χ3n) is 6.23. The summed E-state index contributed by atoms with van der Waals surface area (Å²) in [6, 6.07) is 4.06. The maximum absolute atomic E-state index is 12.9. The molecule has 1 aromatic carbocycles. The van der Waals surface area contributed by atoms with Crippen molar-refractivity contribution < 1.29 is 18.0 Å². The van der Waals surface area contributed by atoms with Gasteiger partial charge in [0.05, 0.1) is 10.9 Å². The first-order valence-corrected chi connectivity index (χ1v) is 12.4. The van der Waals surface area contributed by atoms with Crippen molar-refractivity contribution in [2.75, 3.05) is 37.6 Å². The number of carbonyl (C=O) groups is 2. The molecular formula is C21H30N4O4S. The number of nitrogens with one attached hydrogen (secondary N) is 1. The van der Waals surface area contributed by atoms with E-state index in [9.17, 15) is 18.0 Å². The minimum atomic E-state index is -3.83. The largest absolute Gasteiger partial charge is 0.341 e. The molecule has 30 heavy (non-hydrogen) atoms. The van der Waals surface area contributed by atoms with E-state index in [2.05, 4.69) is 4.72 Å². The smallest absolute Gasteiger partial charge is 0.324 e. The second-order valence-electron chi connectivity index (χ2n) is 8.40. The van der Waals surface area contributed by atoms with Crippen molar-refractivity contribution in [2.24, 2.45) is 0 Å². The molecule has 3 heterocycles. The predicted molar refractivity (Wildman–Crippen MR) is 114 cm³/mol. The SMILES string of the molecule is C[C@@H](NS(=O)(=O)c1ccc2c(c1)CCN2C(=O)N1CCCC1)C(=O)N1CCCCC1. The van der Waals surface area contributed by atoms with Crippen LogP contribution in [0.25, 0.3) is 0 Å². The van der Waals surface area contributed by atoms with Gasteiger partial charge < -0.3 is 9.80 Å². The normalized spacial score (nSPS) is 20.4. The molecule has 1 aromatic rings. The van der Waals surface area contributed by atoms with Crippen LogP contribution < -0.4 is 9.62 Å². The van der Waals surface area contributed by atoms with E-state index in [4.69, 9.17) is 0 Å². The van der Waals surface area contributed by atoms with E-state index in [0.29, 0.717) is 26.1 Å². The third kappa shape index (κ3) is 4.18. The van der Waals surface area contributed by atoms with Crippen LogP contribution in [0.5, 0.6) is 0 Å². The Hall–Kier alpha value is -2.13. The maximum atomic E-state index is 12.9. The number of hydrogen-bond donors (Lipinski definition) is 1. The number of rotatable bonds is 4. The molecule has 0 aromatic heterocycles. The van der Waals surface area contributed by atoms with Crippen molar-refractivity contribution in [3.8, 4) is 0 Å². The summed E-state index contributed by atoms with van der Waals surface area (Å²) in [5.74, 6) is -0.179. The van der Waals surface area contributed by atoms with E-state index >= 15 is 0 Å². The van der Waals surface area contributed by atoms with E-state index in [1.807, 2.05) is 4.90 Å². The minimum absolute atomic E-state index is 0.000678. The van der Waals surface area contributed by atoms with Gasteiger partial charge in [-0.3, -0.25) is 9.69 Å². The molecule has 0 bridgehead atoms. The van der Waals surface area contributed by atoms with Crippen LogP contribution in [0.15, 0.2) is 23.1 Å². The van der Waals surface area contributed by atoms with Gasteiger partial charge in [-0.05, 0) is 69.2 Å². The Morgan fingerprint density at radius 3 is 2.27 bits per heavy atom. The van der Waals surface area contributed by atoms with Gasteiger partial charge in [-0.15, -0.1) is 0 Å². The van der Waals surface area contributed by atoms with Crippen molar-refractivity contribution in [3.63, 3.8) is 0 Å². The van der Waals surface area contributed by atoms with Crippen LogP contribution in [0.2, 0.25) is 0 Å². The third-order valence-corrected chi connectivity index (χ3v) is 7.77. The zero-order chi connectivity index (χ0) is 21.3. The van der Waals surface area contributed by atoms with Gasteiger partial charge >= 0.3 is 6.03 Å². The Labute approximate surface area is 178 Å². The number of sulfonamides is 1. The summed E-state index contributed by atoms with van der Waals surface area (Å²) in [6.45, 7) is 5.09. The lowest BCUT2D eigenvalue weighted by atomic mass is 10.1. The lowest BCUT2D eigenvalue weighted by Gasteiger charge is -2.29. The zero-order valence-electron chi connectivity index (χ0n) is 17.5. The minimum Gasteiger partial charge on any atom is -0.341 e. The molecule has 9 heteroatoms. The fraction of sp³-hybridized carbons (Fsp3) is 0.619. The van der Waals surface area contributed by atoms with E-state index in [-0.39, 0.29) is 16.8 Å². The van der Waals surface area contributed by atoms with Crippen LogP contribution in [-0.2, 0) is 21.2 Å². The Kier molecular flexibility index (Phi) is 6.02. The number of nitrogens with zero attached hydrogens (tertiary/aromatic N) is 3. The van der Waals surface area contributed by atoms with Gasteiger partial charge in [-0.1, -0.05) is 0 Å². The molecule has 4 rings (SSSR count). The summed E-state index contributed by atoms with van der Waals surface area (Å²) in [5.41, 5.74) is 1.63. The highest BCUT2D eigenvalue weighted by Gasteiger charge is 2.32. The number of urea groups is 1. The highest BCUT2D eigenvalue weighted by atomic mass is 32.2. The first kappa shape index (κ1) is 21.1. The fourth-order valence-corrected chi connectivity index (χ4v) is 5.81. The van der Waals surface area contributed by atoms with Gasteiger partial charge in [-0.2, -0.15) is 4.72 Å². The predicted octanol–water partition coefficient (Wildman–Crippen LogP) is 1.94. The Morgan fingerprint density at radius 1 is 0.933 bits per heavy atom. The highest BCUT2D eigenvalue weighted by molar-refractivity contribution is 7.89. The number of carbonyl (C=O) groups excluding carboxylic acids is 2. The first-order chi connectivity index (χ1) is 14.4. The van der Waals surface area contributed by atoms with Crippen LogP contribution in [0, 0.1) is 0 Å². The van der Waals surface area contributed by atoms with Gasteiger partial charge in [0.1, 0.15) is 0 Å². The van der Waals surface area contributed by atoms with E-state index in [0.717, 1.165) is 56.4 Å². The van der Waals surface area contributed by atoms with Crippen LogP contribution in [-0.4, -0.2) is 68.9 Å². The Balaban J connectivity index is 1.46. The van der Waals surface area contributed by atoms with E-state index < -0.39 is 16.1 Å².